The van der Waals surface area contributed by atoms with E-state index in [2.05, 4.69) is 0 Å². The third kappa shape index (κ3) is 4.74. The van der Waals surface area contributed by atoms with Crippen molar-refractivity contribution in [3.63, 3.8) is 0 Å². The van der Waals surface area contributed by atoms with Gasteiger partial charge in [0.05, 0.1) is 50.9 Å². The summed E-state index contributed by atoms with van der Waals surface area (Å²) >= 11 is 0. The van der Waals surface area contributed by atoms with Gasteiger partial charge in [-0.3, -0.25) is 4.57 Å². The molecule has 1 fully saturated rings. The van der Waals surface area contributed by atoms with Crippen LogP contribution in [0.25, 0.3) is 0 Å². The van der Waals surface area contributed by atoms with E-state index in [1.165, 1.54) is 6.66 Å². The van der Waals surface area contributed by atoms with Crippen LogP contribution in [0.1, 0.15) is 6.42 Å². The monoisotopic (exact) mass is 263 g/mol. The third-order valence-electron chi connectivity index (χ3n) is 2.43. The third-order valence-corrected chi connectivity index (χ3v) is 3.62. The summed E-state index contributed by atoms with van der Waals surface area (Å²) in [5.41, 5.74) is -0.436. The van der Waals surface area contributed by atoms with Crippen molar-refractivity contribution in [2.75, 3.05) is 46.8 Å². The van der Waals surface area contributed by atoms with Crippen LogP contribution < -0.4 is 0 Å². The van der Waals surface area contributed by atoms with Crippen molar-refractivity contribution >= 4 is 7.60 Å². The Hall–Kier alpha value is -0.440. The Kier molecular flexibility index (Phi) is 5.57. The zero-order chi connectivity index (χ0) is 12.8. The van der Waals surface area contributed by atoms with Crippen LogP contribution in [-0.4, -0.2) is 46.8 Å². The molecule has 1 rings (SSSR count). The van der Waals surface area contributed by atoms with Crippen molar-refractivity contribution in [1.29, 1.82) is 5.26 Å². The van der Waals surface area contributed by atoms with Crippen LogP contribution >= 0.6 is 7.60 Å². The smallest absolute Gasteiger partial charge is 0.327 e. The van der Waals surface area contributed by atoms with E-state index in [4.69, 9.17) is 23.8 Å². The van der Waals surface area contributed by atoms with Crippen molar-refractivity contribution in [2.45, 2.75) is 6.42 Å². The summed E-state index contributed by atoms with van der Waals surface area (Å²) in [6, 6.07) is 2.00. The topological polar surface area (TPSA) is 77.8 Å². The number of nitriles is 1. The molecule has 0 amide bonds. The van der Waals surface area contributed by atoms with E-state index in [-0.39, 0.29) is 13.2 Å². The molecule has 0 atom stereocenters. The lowest BCUT2D eigenvalue weighted by atomic mass is 9.92. The van der Waals surface area contributed by atoms with E-state index < -0.39 is 13.0 Å². The van der Waals surface area contributed by atoms with Gasteiger partial charge in [0, 0.05) is 13.8 Å². The van der Waals surface area contributed by atoms with E-state index in [9.17, 15) is 4.57 Å². The summed E-state index contributed by atoms with van der Waals surface area (Å²) in [7, 11) is -1.32. The van der Waals surface area contributed by atoms with E-state index >= 15 is 0 Å². The molecule has 0 aromatic rings. The molecular formula is C10H18NO5P. The van der Waals surface area contributed by atoms with Crippen LogP contribution in [0, 0.1) is 16.7 Å². The van der Waals surface area contributed by atoms with Crippen molar-refractivity contribution < 1.29 is 23.1 Å². The Morgan fingerprint density at radius 2 is 2.06 bits per heavy atom. The van der Waals surface area contributed by atoms with Crippen LogP contribution in [-0.2, 0) is 23.1 Å². The maximum absolute atomic E-state index is 11.5. The molecule has 0 aliphatic carbocycles. The van der Waals surface area contributed by atoms with Crippen molar-refractivity contribution in [1.82, 2.24) is 0 Å². The summed E-state index contributed by atoms with van der Waals surface area (Å²) in [4.78, 5) is 0. The fourth-order valence-electron chi connectivity index (χ4n) is 1.51. The molecular weight excluding hydrogens is 245 g/mol. The molecule has 1 aliphatic rings. The molecule has 0 unspecified atom stereocenters. The molecule has 0 bridgehead atoms. The highest BCUT2D eigenvalue weighted by Crippen LogP contribution is 2.50. The van der Waals surface area contributed by atoms with Gasteiger partial charge in [0.15, 0.2) is 0 Å². The van der Waals surface area contributed by atoms with Gasteiger partial charge in [0.25, 0.3) is 0 Å². The summed E-state index contributed by atoms with van der Waals surface area (Å²) in [6.45, 7) is 3.14. The van der Waals surface area contributed by atoms with Crippen molar-refractivity contribution in [3.8, 4) is 6.07 Å². The van der Waals surface area contributed by atoms with Crippen LogP contribution in [0.4, 0.5) is 0 Å². The van der Waals surface area contributed by atoms with E-state index in [1.54, 1.807) is 7.11 Å². The van der Waals surface area contributed by atoms with Gasteiger partial charge in [-0.2, -0.15) is 5.26 Å². The zero-order valence-corrected chi connectivity index (χ0v) is 11.1. The molecule has 0 N–H and O–H groups in total. The first-order valence-electron chi connectivity index (χ1n) is 5.34. The van der Waals surface area contributed by atoms with Gasteiger partial charge in [-0.15, -0.1) is 0 Å². The molecule has 0 saturated carbocycles. The van der Waals surface area contributed by atoms with Gasteiger partial charge in [-0.1, -0.05) is 0 Å². The second-order valence-electron chi connectivity index (χ2n) is 4.21. The number of rotatable bonds is 6. The second kappa shape index (κ2) is 6.48. The zero-order valence-electron chi connectivity index (χ0n) is 10.2. The number of methoxy groups -OCH3 is 1. The first kappa shape index (κ1) is 14.6. The van der Waals surface area contributed by atoms with Crippen LogP contribution in [0.5, 0.6) is 0 Å². The van der Waals surface area contributed by atoms with Gasteiger partial charge >= 0.3 is 7.60 Å². The van der Waals surface area contributed by atoms with Gasteiger partial charge in [0.1, 0.15) is 0 Å². The minimum Gasteiger partial charge on any atom is -0.384 e. The average Bonchev–Trinajstić information content (AvgIpc) is 2.29. The summed E-state index contributed by atoms with van der Waals surface area (Å²) in [5, 5.41) is 8.40. The van der Waals surface area contributed by atoms with Crippen LogP contribution in [0.15, 0.2) is 0 Å². The largest absolute Gasteiger partial charge is 0.384 e. The summed E-state index contributed by atoms with van der Waals surface area (Å²) in [5.74, 6) is 0. The lowest BCUT2D eigenvalue weighted by molar-refractivity contribution is -0.0798. The van der Waals surface area contributed by atoms with E-state index in [0.717, 1.165) is 0 Å². The van der Waals surface area contributed by atoms with Gasteiger partial charge in [-0.25, -0.2) is 0 Å². The Morgan fingerprint density at radius 1 is 1.41 bits per heavy atom. The predicted molar refractivity (Wildman–Crippen MR) is 60.8 cm³/mol. The van der Waals surface area contributed by atoms with E-state index in [0.29, 0.717) is 26.2 Å². The molecule has 0 aromatic heterocycles. The molecule has 0 radical (unpaired) electrons. The number of ether oxygens (including phenoxy) is 2. The maximum atomic E-state index is 11.5. The highest BCUT2D eigenvalue weighted by molar-refractivity contribution is 7.53. The highest BCUT2D eigenvalue weighted by Gasteiger charge is 2.40. The van der Waals surface area contributed by atoms with Crippen LogP contribution in [0.2, 0.25) is 0 Å². The maximum Gasteiger partial charge on any atom is 0.327 e. The van der Waals surface area contributed by atoms with Gasteiger partial charge < -0.3 is 18.5 Å². The molecule has 1 saturated heterocycles. The minimum absolute atomic E-state index is 0.279. The quantitative estimate of drug-likeness (QED) is 0.532. The lowest BCUT2D eigenvalue weighted by Gasteiger charge is -2.37. The normalized spacial score (nSPS) is 33.2. The number of hydrogen-bond donors (Lipinski definition) is 0. The molecule has 0 aromatic carbocycles. The Bertz CT molecular complexity index is 315. The van der Waals surface area contributed by atoms with Crippen molar-refractivity contribution in [3.05, 3.63) is 0 Å². The second-order valence-corrected chi connectivity index (χ2v) is 6.27. The van der Waals surface area contributed by atoms with Gasteiger partial charge in [-0.05, 0) is 0 Å². The number of hydrogen-bond acceptors (Lipinski definition) is 6. The Morgan fingerprint density at radius 3 is 2.59 bits per heavy atom. The van der Waals surface area contributed by atoms with Crippen LogP contribution in [0.3, 0.4) is 0 Å². The fraction of sp³-hybridized carbons (Fsp3) is 0.900. The first-order valence-corrected chi connectivity index (χ1v) is 7.33. The molecule has 6 nitrogen and oxygen atoms in total. The fourth-order valence-corrected chi connectivity index (χ4v) is 2.60. The van der Waals surface area contributed by atoms with E-state index in [1.807, 2.05) is 6.07 Å². The SMILES string of the molecule is COCC1(COCCC#N)COP(C)(=O)OC1. The highest BCUT2D eigenvalue weighted by atomic mass is 31.2. The minimum atomic E-state index is -2.90. The molecule has 0 spiro atoms. The van der Waals surface area contributed by atoms with Crippen molar-refractivity contribution in [2.24, 2.45) is 5.41 Å². The van der Waals surface area contributed by atoms with Gasteiger partial charge in [0.2, 0.25) is 0 Å². The Labute approximate surface area is 101 Å². The standard InChI is InChI=1S/C10H18NO5P/c1-13-6-10(7-14-5-3-4-11)8-15-17(2,12)16-9-10/h3,5-9H2,1-2H3. The Balaban J connectivity index is 2.47. The lowest BCUT2D eigenvalue weighted by Crippen LogP contribution is -2.43. The summed E-state index contributed by atoms with van der Waals surface area (Å²) < 4.78 is 32.4. The average molecular weight is 263 g/mol. The molecule has 1 aliphatic heterocycles. The predicted octanol–water partition coefficient (Wildman–Crippen LogP) is 1.42. The summed E-state index contributed by atoms with van der Waals surface area (Å²) in [6.07, 6.45) is 0.344. The molecule has 17 heavy (non-hydrogen) atoms. The molecule has 98 valence electrons. The first-order chi connectivity index (χ1) is 8.04. The molecule has 1 heterocycles. The number of nitrogens with zero attached hydrogens (tertiary/aromatic N) is 1. The molecule has 7 heteroatoms.